The molecule has 0 radical (unpaired) electrons. The molecule has 0 fully saturated rings. The second-order valence-corrected chi connectivity index (χ2v) is 4.79. The van der Waals surface area contributed by atoms with E-state index in [9.17, 15) is 4.39 Å². The van der Waals surface area contributed by atoms with E-state index in [0.717, 1.165) is 16.7 Å². The zero-order valence-corrected chi connectivity index (χ0v) is 11.5. The summed E-state index contributed by atoms with van der Waals surface area (Å²) in [5.41, 5.74) is 8.42. The van der Waals surface area contributed by atoms with E-state index in [1.54, 1.807) is 19.2 Å². The van der Waals surface area contributed by atoms with Crippen molar-refractivity contribution in [3.63, 3.8) is 0 Å². The number of benzene rings is 1. The average molecular weight is 280 g/mol. The molecule has 2 rings (SSSR count). The Morgan fingerprint density at radius 2 is 2.05 bits per heavy atom. The van der Waals surface area contributed by atoms with Gasteiger partial charge in [0, 0.05) is 11.8 Å². The molecule has 0 bridgehead atoms. The summed E-state index contributed by atoms with van der Waals surface area (Å²) in [5, 5.41) is 3.62. The number of aromatic nitrogens is 1. The fraction of sp³-hybridized carbons (Fsp3) is 0.214. The molecule has 100 valence electrons. The molecule has 1 heterocycles. The molecule has 5 heteroatoms. The Morgan fingerprint density at radius 3 is 2.74 bits per heavy atom. The van der Waals surface area contributed by atoms with Gasteiger partial charge in [-0.1, -0.05) is 17.7 Å². The third-order valence-electron chi connectivity index (χ3n) is 3.07. The molecular weight excluding hydrogens is 265 g/mol. The molecule has 0 aliphatic rings. The SMILES string of the molecule is CNC(c1cc(F)ccc1C)c1cc(Cl)cnc1N. The van der Waals surface area contributed by atoms with Gasteiger partial charge in [-0.3, -0.25) is 0 Å². The van der Waals surface area contributed by atoms with Gasteiger partial charge in [0.05, 0.1) is 11.1 Å². The fourth-order valence-corrected chi connectivity index (χ4v) is 2.26. The molecule has 19 heavy (non-hydrogen) atoms. The number of halogens is 2. The first kappa shape index (κ1) is 13.8. The smallest absolute Gasteiger partial charge is 0.128 e. The van der Waals surface area contributed by atoms with Gasteiger partial charge in [-0.25, -0.2) is 9.37 Å². The van der Waals surface area contributed by atoms with Crippen LogP contribution < -0.4 is 11.1 Å². The van der Waals surface area contributed by atoms with E-state index in [0.29, 0.717) is 10.8 Å². The summed E-state index contributed by atoms with van der Waals surface area (Å²) < 4.78 is 13.4. The molecule has 1 unspecified atom stereocenters. The number of nitrogens with two attached hydrogens (primary N) is 1. The van der Waals surface area contributed by atoms with Gasteiger partial charge in [-0.15, -0.1) is 0 Å². The van der Waals surface area contributed by atoms with Crippen LogP contribution in [0.5, 0.6) is 0 Å². The highest BCUT2D eigenvalue weighted by atomic mass is 35.5. The van der Waals surface area contributed by atoms with Crippen molar-refractivity contribution in [2.75, 3.05) is 12.8 Å². The summed E-state index contributed by atoms with van der Waals surface area (Å²) in [6, 6.07) is 6.17. The Kier molecular flexibility index (Phi) is 4.02. The zero-order valence-electron chi connectivity index (χ0n) is 10.7. The van der Waals surface area contributed by atoms with Gasteiger partial charge in [0.15, 0.2) is 0 Å². The first-order valence-electron chi connectivity index (χ1n) is 5.87. The summed E-state index contributed by atoms with van der Waals surface area (Å²) in [4.78, 5) is 4.04. The largest absolute Gasteiger partial charge is 0.383 e. The lowest BCUT2D eigenvalue weighted by Gasteiger charge is -2.20. The van der Waals surface area contributed by atoms with Crippen molar-refractivity contribution in [3.05, 3.63) is 58.0 Å². The number of aryl methyl sites for hydroxylation is 1. The van der Waals surface area contributed by atoms with Crippen LogP contribution in [0.4, 0.5) is 10.2 Å². The molecule has 0 aliphatic heterocycles. The number of anilines is 1. The zero-order chi connectivity index (χ0) is 14.0. The highest BCUT2D eigenvalue weighted by Crippen LogP contribution is 2.29. The van der Waals surface area contributed by atoms with Gasteiger partial charge in [0.1, 0.15) is 11.6 Å². The highest BCUT2D eigenvalue weighted by molar-refractivity contribution is 6.30. The van der Waals surface area contributed by atoms with E-state index in [4.69, 9.17) is 17.3 Å². The van der Waals surface area contributed by atoms with E-state index < -0.39 is 0 Å². The molecule has 2 aromatic rings. The lowest BCUT2D eigenvalue weighted by molar-refractivity contribution is 0.615. The molecule has 1 aromatic heterocycles. The summed E-state index contributed by atoms with van der Waals surface area (Å²) in [5.74, 6) is 0.0989. The quantitative estimate of drug-likeness (QED) is 0.908. The van der Waals surface area contributed by atoms with Gasteiger partial charge in [-0.05, 0) is 43.3 Å². The Hall–Kier alpha value is -1.65. The van der Waals surface area contributed by atoms with Crippen LogP contribution in [0, 0.1) is 12.7 Å². The van der Waals surface area contributed by atoms with Crippen LogP contribution in [-0.4, -0.2) is 12.0 Å². The predicted octanol–water partition coefficient (Wildman–Crippen LogP) is 3.07. The molecule has 0 aliphatic carbocycles. The Bertz CT molecular complexity index is 550. The molecule has 0 saturated heterocycles. The fourth-order valence-electron chi connectivity index (χ4n) is 2.10. The highest BCUT2D eigenvalue weighted by Gasteiger charge is 2.18. The Balaban J connectivity index is 2.55. The minimum absolute atomic E-state index is 0.248. The van der Waals surface area contributed by atoms with Crippen molar-refractivity contribution in [1.82, 2.24) is 10.3 Å². The van der Waals surface area contributed by atoms with Crippen LogP contribution in [0.1, 0.15) is 22.7 Å². The van der Waals surface area contributed by atoms with Crippen LogP contribution >= 0.6 is 11.6 Å². The third-order valence-corrected chi connectivity index (χ3v) is 3.27. The van der Waals surface area contributed by atoms with Gasteiger partial charge < -0.3 is 11.1 Å². The maximum Gasteiger partial charge on any atom is 0.128 e. The van der Waals surface area contributed by atoms with Crippen molar-refractivity contribution in [2.24, 2.45) is 0 Å². The van der Waals surface area contributed by atoms with Crippen molar-refractivity contribution in [3.8, 4) is 0 Å². The first-order valence-corrected chi connectivity index (χ1v) is 6.25. The topological polar surface area (TPSA) is 50.9 Å². The molecule has 1 atom stereocenters. The van der Waals surface area contributed by atoms with Crippen molar-refractivity contribution in [1.29, 1.82) is 0 Å². The summed E-state index contributed by atoms with van der Waals surface area (Å²) >= 11 is 5.96. The maximum atomic E-state index is 13.4. The van der Waals surface area contributed by atoms with Gasteiger partial charge in [0.2, 0.25) is 0 Å². The number of nitrogen functional groups attached to an aromatic ring is 1. The van der Waals surface area contributed by atoms with E-state index in [2.05, 4.69) is 10.3 Å². The van der Waals surface area contributed by atoms with Crippen molar-refractivity contribution >= 4 is 17.4 Å². The predicted molar refractivity (Wildman–Crippen MR) is 75.7 cm³/mol. The van der Waals surface area contributed by atoms with E-state index in [1.165, 1.54) is 18.3 Å². The Morgan fingerprint density at radius 1 is 1.32 bits per heavy atom. The lowest BCUT2D eigenvalue weighted by Crippen LogP contribution is -2.20. The average Bonchev–Trinajstić information content (AvgIpc) is 2.38. The van der Waals surface area contributed by atoms with E-state index in [-0.39, 0.29) is 11.9 Å². The third kappa shape index (κ3) is 2.85. The number of hydrogen-bond donors (Lipinski definition) is 2. The minimum Gasteiger partial charge on any atom is -0.383 e. The van der Waals surface area contributed by atoms with E-state index in [1.807, 2.05) is 6.92 Å². The van der Waals surface area contributed by atoms with Gasteiger partial charge in [-0.2, -0.15) is 0 Å². The number of rotatable bonds is 3. The van der Waals surface area contributed by atoms with Gasteiger partial charge in [0.25, 0.3) is 0 Å². The number of pyridine rings is 1. The molecule has 1 aromatic carbocycles. The number of nitrogens with one attached hydrogen (secondary N) is 1. The molecule has 0 spiro atoms. The van der Waals surface area contributed by atoms with Crippen molar-refractivity contribution < 1.29 is 4.39 Å². The second kappa shape index (κ2) is 5.55. The standard InChI is InChI=1S/C14H15ClFN3/c1-8-3-4-10(16)6-11(8)13(18-2)12-5-9(15)7-19-14(12)17/h3-7,13,18H,1-2H3,(H2,17,19). The molecular formula is C14H15ClFN3. The van der Waals surface area contributed by atoms with Crippen LogP contribution in [0.3, 0.4) is 0 Å². The van der Waals surface area contributed by atoms with Crippen LogP contribution in [-0.2, 0) is 0 Å². The van der Waals surface area contributed by atoms with E-state index >= 15 is 0 Å². The maximum absolute atomic E-state index is 13.4. The normalized spacial score (nSPS) is 12.4. The summed E-state index contributed by atoms with van der Waals surface area (Å²) in [6.45, 7) is 1.92. The number of hydrogen-bond acceptors (Lipinski definition) is 3. The second-order valence-electron chi connectivity index (χ2n) is 4.35. The first-order chi connectivity index (χ1) is 9.02. The summed E-state index contributed by atoms with van der Waals surface area (Å²) in [7, 11) is 1.79. The number of nitrogens with zero attached hydrogens (tertiary/aromatic N) is 1. The molecule has 0 saturated carbocycles. The van der Waals surface area contributed by atoms with Crippen molar-refractivity contribution in [2.45, 2.75) is 13.0 Å². The van der Waals surface area contributed by atoms with Gasteiger partial charge >= 0.3 is 0 Å². The minimum atomic E-state index is -0.283. The molecule has 3 nitrogen and oxygen atoms in total. The molecule has 0 amide bonds. The lowest BCUT2D eigenvalue weighted by atomic mass is 9.95. The monoisotopic (exact) mass is 279 g/mol. The van der Waals surface area contributed by atoms with Crippen LogP contribution in [0.2, 0.25) is 5.02 Å². The van der Waals surface area contributed by atoms with Crippen LogP contribution in [0.25, 0.3) is 0 Å². The molecule has 3 N–H and O–H groups in total. The van der Waals surface area contributed by atoms with Crippen LogP contribution in [0.15, 0.2) is 30.5 Å². The summed E-state index contributed by atoms with van der Waals surface area (Å²) in [6.07, 6.45) is 1.49. The Labute approximate surface area is 116 Å².